The van der Waals surface area contributed by atoms with E-state index in [2.05, 4.69) is 44.0 Å². The van der Waals surface area contributed by atoms with Crippen LogP contribution in [0, 0.1) is 5.92 Å². The topological polar surface area (TPSA) is 22.1 Å². The third-order valence-corrected chi connectivity index (χ3v) is 3.74. The lowest BCUT2D eigenvalue weighted by molar-refractivity contribution is 0.161. The zero-order valence-corrected chi connectivity index (χ0v) is 11.6. The first-order chi connectivity index (χ1) is 8.72. The molecule has 0 N–H and O–H groups in total. The Hall–Kier alpha value is -1.15. The maximum atomic E-state index is 5.37. The van der Waals surface area contributed by atoms with E-state index in [1.165, 1.54) is 16.8 Å². The number of rotatable bonds is 4. The lowest BCUT2D eigenvalue weighted by Crippen LogP contribution is -2.09. The predicted molar refractivity (Wildman–Crippen MR) is 75.5 cm³/mol. The average Bonchev–Trinajstić information content (AvgIpc) is 2.40. The van der Waals surface area contributed by atoms with Gasteiger partial charge in [-0.2, -0.15) is 0 Å². The highest BCUT2D eigenvalue weighted by Crippen LogP contribution is 2.29. The molecule has 2 rings (SSSR count). The second kappa shape index (κ2) is 6.14. The Labute approximate surface area is 110 Å². The zero-order valence-electron chi connectivity index (χ0n) is 11.6. The minimum Gasteiger partial charge on any atom is -0.377 e. The van der Waals surface area contributed by atoms with E-state index in [-0.39, 0.29) is 0 Å². The van der Waals surface area contributed by atoms with E-state index in [4.69, 9.17) is 4.74 Å². The molecule has 98 valence electrons. The Morgan fingerprint density at radius 2 is 2.22 bits per heavy atom. The predicted octanol–water partition coefficient (Wildman–Crippen LogP) is 4.03. The van der Waals surface area contributed by atoms with Crippen LogP contribution in [0.4, 0.5) is 0 Å². The van der Waals surface area contributed by atoms with E-state index in [1.54, 1.807) is 0 Å². The van der Waals surface area contributed by atoms with Crippen molar-refractivity contribution in [2.75, 3.05) is 13.2 Å². The van der Waals surface area contributed by atoms with Crippen LogP contribution in [0.25, 0.3) is 5.57 Å². The van der Waals surface area contributed by atoms with Crippen molar-refractivity contribution in [1.29, 1.82) is 0 Å². The minimum atomic E-state index is 0.561. The van der Waals surface area contributed by atoms with Crippen molar-refractivity contribution in [3.05, 3.63) is 35.7 Å². The zero-order chi connectivity index (χ0) is 13.0. The molecule has 1 atom stereocenters. The van der Waals surface area contributed by atoms with Crippen LogP contribution in [0.3, 0.4) is 0 Å². The summed E-state index contributed by atoms with van der Waals surface area (Å²) in [5, 5.41) is 0. The van der Waals surface area contributed by atoms with Gasteiger partial charge >= 0.3 is 0 Å². The van der Waals surface area contributed by atoms with Crippen molar-refractivity contribution in [2.24, 2.45) is 5.92 Å². The van der Waals surface area contributed by atoms with Crippen molar-refractivity contribution in [1.82, 2.24) is 4.98 Å². The SMILES string of the molecule is CCC(c1cc(C2=CCOCC2)ccn1)C(C)C. The summed E-state index contributed by atoms with van der Waals surface area (Å²) in [6.45, 7) is 8.37. The molecule has 2 heterocycles. The summed E-state index contributed by atoms with van der Waals surface area (Å²) < 4.78 is 5.37. The van der Waals surface area contributed by atoms with Crippen molar-refractivity contribution >= 4 is 5.57 Å². The molecule has 0 saturated carbocycles. The molecule has 2 nitrogen and oxygen atoms in total. The number of hydrogen-bond acceptors (Lipinski definition) is 2. The quantitative estimate of drug-likeness (QED) is 0.799. The van der Waals surface area contributed by atoms with Gasteiger partial charge in [-0.3, -0.25) is 4.98 Å². The molecule has 0 saturated heterocycles. The summed E-state index contributed by atoms with van der Waals surface area (Å²) in [5.41, 5.74) is 3.96. The second-order valence-corrected chi connectivity index (χ2v) is 5.28. The van der Waals surface area contributed by atoms with Gasteiger partial charge in [-0.05, 0) is 42.0 Å². The molecule has 0 bridgehead atoms. The van der Waals surface area contributed by atoms with Gasteiger partial charge in [-0.25, -0.2) is 0 Å². The molecule has 1 unspecified atom stereocenters. The molecular formula is C16H23NO. The molecule has 0 aliphatic carbocycles. The van der Waals surface area contributed by atoms with Gasteiger partial charge < -0.3 is 4.74 Å². The molecule has 2 heteroatoms. The second-order valence-electron chi connectivity index (χ2n) is 5.28. The molecule has 1 aromatic heterocycles. The highest BCUT2D eigenvalue weighted by atomic mass is 16.5. The minimum absolute atomic E-state index is 0.561. The van der Waals surface area contributed by atoms with Crippen molar-refractivity contribution in [3.63, 3.8) is 0 Å². The molecule has 1 aliphatic rings. The summed E-state index contributed by atoms with van der Waals surface area (Å²) in [6.07, 6.45) is 6.31. The van der Waals surface area contributed by atoms with E-state index < -0.39 is 0 Å². The maximum Gasteiger partial charge on any atom is 0.0653 e. The van der Waals surface area contributed by atoms with Crippen molar-refractivity contribution in [2.45, 2.75) is 39.5 Å². The van der Waals surface area contributed by atoms with Gasteiger partial charge in [0.25, 0.3) is 0 Å². The monoisotopic (exact) mass is 245 g/mol. The van der Waals surface area contributed by atoms with E-state index in [9.17, 15) is 0 Å². The van der Waals surface area contributed by atoms with Crippen molar-refractivity contribution in [3.8, 4) is 0 Å². The highest BCUT2D eigenvalue weighted by molar-refractivity contribution is 5.66. The highest BCUT2D eigenvalue weighted by Gasteiger charge is 2.16. The third-order valence-electron chi connectivity index (χ3n) is 3.74. The van der Waals surface area contributed by atoms with E-state index in [0.29, 0.717) is 11.8 Å². The Balaban J connectivity index is 2.26. The Morgan fingerprint density at radius 1 is 1.39 bits per heavy atom. The van der Waals surface area contributed by atoms with Crippen LogP contribution >= 0.6 is 0 Å². The number of aromatic nitrogens is 1. The first-order valence-corrected chi connectivity index (χ1v) is 6.95. The Morgan fingerprint density at radius 3 is 2.83 bits per heavy atom. The first-order valence-electron chi connectivity index (χ1n) is 6.95. The average molecular weight is 245 g/mol. The number of ether oxygens (including phenoxy) is 1. The number of nitrogens with zero attached hydrogens (tertiary/aromatic N) is 1. The number of pyridine rings is 1. The van der Waals surface area contributed by atoms with E-state index >= 15 is 0 Å². The number of hydrogen-bond donors (Lipinski definition) is 0. The summed E-state index contributed by atoms with van der Waals surface area (Å²) in [7, 11) is 0. The van der Waals surface area contributed by atoms with Crippen LogP contribution in [-0.2, 0) is 4.74 Å². The first kappa shape index (κ1) is 13.3. The normalized spacial score (nSPS) is 17.7. The molecule has 1 aromatic rings. The molecule has 0 radical (unpaired) electrons. The largest absolute Gasteiger partial charge is 0.377 e. The van der Waals surface area contributed by atoms with Gasteiger partial charge in [0, 0.05) is 17.8 Å². The van der Waals surface area contributed by atoms with Gasteiger partial charge in [0.2, 0.25) is 0 Å². The molecule has 0 fully saturated rings. The van der Waals surface area contributed by atoms with Crippen LogP contribution in [-0.4, -0.2) is 18.2 Å². The van der Waals surface area contributed by atoms with Crippen LogP contribution in [0.15, 0.2) is 24.4 Å². The molecule has 0 spiro atoms. The fourth-order valence-electron chi connectivity index (χ4n) is 2.66. The van der Waals surface area contributed by atoms with E-state index in [0.717, 1.165) is 26.1 Å². The van der Waals surface area contributed by atoms with Crippen LogP contribution in [0.2, 0.25) is 0 Å². The lowest BCUT2D eigenvalue weighted by atomic mass is 9.88. The van der Waals surface area contributed by atoms with E-state index in [1.807, 2.05) is 6.20 Å². The molecule has 0 amide bonds. The van der Waals surface area contributed by atoms with Gasteiger partial charge in [0.15, 0.2) is 0 Å². The molecular weight excluding hydrogens is 222 g/mol. The Kier molecular flexibility index (Phi) is 4.54. The van der Waals surface area contributed by atoms with Gasteiger partial charge in [-0.15, -0.1) is 0 Å². The van der Waals surface area contributed by atoms with Crippen LogP contribution in [0.1, 0.15) is 50.8 Å². The lowest BCUT2D eigenvalue weighted by Gasteiger charge is -2.20. The maximum absolute atomic E-state index is 5.37. The summed E-state index contributed by atoms with van der Waals surface area (Å²) >= 11 is 0. The van der Waals surface area contributed by atoms with Gasteiger partial charge in [0.05, 0.1) is 13.2 Å². The smallest absolute Gasteiger partial charge is 0.0653 e. The summed E-state index contributed by atoms with van der Waals surface area (Å²) in [4.78, 5) is 4.57. The summed E-state index contributed by atoms with van der Waals surface area (Å²) in [5.74, 6) is 1.20. The Bertz CT molecular complexity index is 423. The molecule has 1 aliphatic heterocycles. The third kappa shape index (κ3) is 2.99. The summed E-state index contributed by atoms with van der Waals surface area (Å²) in [6, 6.07) is 4.39. The molecule has 0 aromatic carbocycles. The molecule has 18 heavy (non-hydrogen) atoms. The van der Waals surface area contributed by atoms with Crippen molar-refractivity contribution < 1.29 is 4.74 Å². The fraction of sp³-hybridized carbons (Fsp3) is 0.562. The van der Waals surface area contributed by atoms with Crippen LogP contribution < -0.4 is 0 Å². The standard InChI is InChI=1S/C16H23NO/c1-4-15(12(2)3)16-11-14(5-8-17-16)13-6-9-18-10-7-13/h5-6,8,11-12,15H,4,7,9-10H2,1-3H3. The van der Waals surface area contributed by atoms with Crippen LogP contribution in [0.5, 0.6) is 0 Å². The van der Waals surface area contributed by atoms with Gasteiger partial charge in [0.1, 0.15) is 0 Å². The fourth-order valence-corrected chi connectivity index (χ4v) is 2.66. The van der Waals surface area contributed by atoms with Gasteiger partial charge in [-0.1, -0.05) is 26.8 Å².